The Bertz CT molecular complexity index is 818. The molecule has 0 saturated heterocycles. The molecule has 3 aromatic rings. The number of rotatable bonds is 7. The molecule has 2 heterocycles. The number of aromatic nitrogens is 5. The van der Waals surface area contributed by atoms with Gasteiger partial charge in [-0.3, -0.25) is 4.68 Å². The third kappa shape index (κ3) is 4.06. The topological polar surface area (TPSA) is 63.8 Å². The summed E-state index contributed by atoms with van der Waals surface area (Å²) in [4.78, 5) is 6.09. The van der Waals surface area contributed by atoms with E-state index in [4.69, 9.17) is 0 Å². The minimum Gasteiger partial charge on any atom is -0.363 e. The van der Waals surface area contributed by atoms with Crippen molar-refractivity contribution in [2.75, 3.05) is 19.0 Å². The summed E-state index contributed by atoms with van der Waals surface area (Å²) in [6.07, 6.45) is 3.29. The van der Waals surface area contributed by atoms with Crippen LogP contribution < -0.4 is 10.2 Å². The average Bonchev–Trinajstić information content (AvgIpc) is 3.16. The first kappa shape index (κ1) is 17.2. The summed E-state index contributed by atoms with van der Waals surface area (Å²) in [5.41, 5.74) is 4.78. The van der Waals surface area contributed by atoms with Gasteiger partial charge in [0, 0.05) is 39.8 Å². The number of hydrogen-bond donors (Lipinski definition) is 1. The van der Waals surface area contributed by atoms with Gasteiger partial charge in [-0.05, 0) is 18.1 Å². The third-order valence-electron chi connectivity index (χ3n) is 4.17. The monoisotopic (exact) mass is 339 g/mol. The second kappa shape index (κ2) is 7.48. The highest BCUT2D eigenvalue weighted by Crippen LogP contribution is 2.21. The Morgan fingerprint density at radius 1 is 1.16 bits per heavy atom. The zero-order chi connectivity index (χ0) is 17.8. The molecule has 132 valence electrons. The molecule has 1 N–H and O–H groups in total. The summed E-state index contributed by atoms with van der Waals surface area (Å²) in [5.74, 6) is 1.14. The van der Waals surface area contributed by atoms with E-state index < -0.39 is 0 Å². The lowest BCUT2D eigenvalue weighted by molar-refractivity contribution is 0.674. The van der Waals surface area contributed by atoms with Crippen LogP contribution in [0.1, 0.15) is 22.4 Å². The van der Waals surface area contributed by atoms with Crippen molar-refractivity contribution in [1.82, 2.24) is 29.9 Å². The van der Waals surface area contributed by atoms with Crippen LogP contribution in [0.4, 0.5) is 5.82 Å². The second-order valence-corrected chi connectivity index (χ2v) is 6.42. The summed E-state index contributed by atoms with van der Waals surface area (Å²) in [7, 11) is 6.08. The molecule has 1 aromatic carbocycles. The Hall–Kier alpha value is -2.67. The summed E-state index contributed by atoms with van der Waals surface area (Å²) >= 11 is 0. The first-order valence-electron chi connectivity index (χ1n) is 8.35. The molecule has 0 aliphatic rings. The van der Waals surface area contributed by atoms with Crippen LogP contribution in [0.2, 0.25) is 0 Å². The molecular formula is C18H25N7. The van der Waals surface area contributed by atoms with E-state index in [9.17, 15) is 0 Å². The molecule has 7 heteroatoms. The predicted molar refractivity (Wildman–Crippen MR) is 98.4 cm³/mol. The molecule has 3 rings (SSSR count). The van der Waals surface area contributed by atoms with Gasteiger partial charge < -0.3 is 10.2 Å². The number of benzene rings is 1. The quantitative estimate of drug-likeness (QED) is 0.710. The third-order valence-corrected chi connectivity index (χ3v) is 4.17. The number of aryl methyl sites for hydroxylation is 2. The Morgan fingerprint density at radius 3 is 2.68 bits per heavy atom. The average molecular weight is 339 g/mol. The van der Waals surface area contributed by atoms with E-state index in [0.717, 1.165) is 31.1 Å². The normalized spacial score (nSPS) is 11.0. The molecule has 0 aliphatic carbocycles. The van der Waals surface area contributed by atoms with E-state index in [-0.39, 0.29) is 0 Å². The van der Waals surface area contributed by atoms with E-state index in [1.807, 2.05) is 30.5 Å². The molecule has 0 aliphatic heterocycles. The van der Waals surface area contributed by atoms with Crippen LogP contribution in [0.5, 0.6) is 0 Å². The lowest BCUT2D eigenvalue weighted by atomic mass is 10.1. The molecule has 0 radical (unpaired) electrons. The molecule has 0 atom stereocenters. The van der Waals surface area contributed by atoms with Crippen molar-refractivity contribution in [2.45, 2.75) is 26.6 Å². The van der Waals surface area contributed by atoms with Crippen LogP contribution in [0.3, 0.4) is 0 Å². The molecule has 0 bridgehead atoms. The van der Waals surface area contributed by atoms with E-state index in [0.29, 0.717) is 0 Å². The van der Waals surface area contributed by atoms with Crippen molar-refractivity contribution in [2.24, 2.45) is 7.05 Å². The lowest BCUT2D eigenvalue weighted by Gasteiger charge is -2.15. The summed E-state index contributed by atoms with van der Waals surface area (Å²) in [5, 5.41) is 12.2. The van der Waals surface area contributed by atoms with Crippen molar-refractivity contribution in [3.63, 3.8) is 0 Å². The molecule has 25 heavy (non-hydrogen) atoms. The van der Waals surface area contributed by atoms with Crippen molar-refractivity contribution in [3.05, 3.63) is 59.3 Å². The highest BCUT2D eigenvalue weighted by Gasteiger charge is 2.14. The van der Waals surface area contributed by atoms with E-state index in [1.165, 1.54) is 16.7 Å². The van der Waals surface area contributed by atoms with Gasteiger partial charge in [-0.25, -0.2) is 9.67 Å². The summed E-state index contributed by atoms with van der Waals surface area (Å²) < 4.78 is 3.76. The maximum absolute atomic E-state index is 4.53. The van der Waals surface area contributed by atoms with Gasteiger partial charge in [0.25, 0.3) is 0 Å². The molecular weight excluding hydrogens is 314 g/mol. The Kier molecular flexibility index (Phi) is 5.14. The van der Waals surface area contributed by atoms with E-state index in [2.05, 4.69) is 56.6 Å². The van der Waals surface area contributed by atoms with Crippen LogP contribution in [-0.4, -0.2) is 38.6 Å². The van der Waals surface area contributed by atoms with E-state index in [1.54, 1.807) is 12.7 Å². The number of anilines is 1. The van der Waals surface area contributed by atoms with Gasteiger partial charge >= 0.3 is 0 Å². The van der Waals surface area contributed by atoms with Crippen LogP contribution in [-0.2, 0) is 26.7 Å². The molecule has 0 saturated carbocycles. The zero-order valence-corrected chi connectivity index (χ0v) is 15.3. The number of nitrogens with one attached hydrogen (secondary N) is 1. The highest BCUT2D eigenvalue weighted by atomic mass is 15.4. The van der Waals surface area contributed by atoms with Crippen LogP contribution >= 0.6 is 0 Å². The first-order chi connectivity index (χ1) is 12.0. The van der Waals surface area contributed by atoms with Crippen LogP contribution in [0.25, 0.3) is 0 Å². The highest BCUT2D eigenvalue weighted by molar-refractivity contribution is 5.48. The lowest BCUT2D eigenvalue weighted by Crippen LogP contribution is -2.19. The first-order valence-corrected chi connectivity index (χ1v) is 8.35. The molecule has 0 fully saturated rings. The molecule has 7 nitrogen and oxygen atoms in total. The summed E-state index contributed by atoms with van der Waals surface area (Å²) in [6, 6.07) is 8.54. The summed E-state index contributed by atoms with van der Waals surface area (Å²) in [6.45, 7) is 4.40. The SMILES string of the molecule is Cc1nn(C)c(N(C)C)c1CNCc1cccc(Cn2cncn2)c1. The predicted octanol–water partition coefficient (Wildman–Crippen LogP) is 1.72. The van der Waals surface area contributed by atoms with Crippen molar-refractivity contribution < 1.29 is 0 Å². The fourth-order valence-electron chi connectivity index (χ4n) is 3.13. The van der Waals surface area contributed by atoms with Crippen LogP contribution in [0, 0.1) is 6.92 Å². The number of hydrogen-bond acceptors (Lipinski definition) is 5. The van der Waals surface area contributed by atoms with Gasteiger partial charge in [0.1, 0.15) is 18.5 Å². The van der Waals surface area contributed by atoms with Crippen molar-refractivity contribution >= 4 is 5.82 Å². The van der Waals surface area contributed by atoms with Gasteiger partial charge in [-0.1, -0.05) is 24.3 Å². The Morgan fingerprint density at radius 2 is 1.96 bits per heavy atom. The number of nitrogens with zero attached hydrogens (tertiary/aromatic N) is 6. The van der Waals surface area contributed by atoms with E-state index >= 15 is 0 Å². The zero-order valence-electron chi connectivity index (χ0n) is 15.3. The van der Waals surface area contributed by atoms with Gasteiger partial charge in [0.05, 0.1) is 12.2 Å². The smallest absolute Gasteiger partial charge is 0.137 e. The minimum atomic E-state index is 0.736. The van der Waals surface area contributed by atoms with Crippen LogP contribution in [0.15, 0.2) is 36.9 Å². The fourth-order valence-corrected chi connectivity index (χ4v) is 3.13. The van der Waals surface area contributed by atoms with Gasteiger partial charge in [-0.15, -0.1) is 0 Å². The Balaban J connectivity index is 1.63. The fraction of sp³-hybridized carbons (Fsp3) is 0.389. The maximum atomic E-state index is 4.53. The van der Waals surface area contributed by atoms with Crippen molar-refractivity contribution in [3.8, 4) is 0 Å². The molecule has 0 unspecified atom stereocenters. The van der Waals surface area contributed by atoms with Gasteiger partial charge in [0.2, 0.25) is 0 Å². The van der Waals surface area contributed by atoms with Gasteiger partial charge in [0.15, 0.2) is 0 Å². The van der Waals surface area contributed by atoms with Gasteiger partial charge in [-0.2, -0.15) is 10.2 Å². The molecule has 2 aromatic heterocycles. The maximum Gasteiger partial charge on any atom is 0.137 e. The largest absolute Gasteiger partial charge is 0.363 e. The standard InChI is InChI=1S/C18H25N7/c1-14-17(18(23(2)3)24(4)22-14)10-19-9-15-6-5-7-16(8-15)11-25-13-20-12-21-25/h5-8,12-13,19H,9-11H2,1-4H3. The molecule has 0 spiro atoms. The molecule has 0 amide bonds. The second-order valence-electron chi connectivity index (χ2n) is 6.42. The Labute approximate surface area is 148 Å². The van der Waals surface area contributed by atoms with Crippen molar-refractivity contribution in [1.29, 1.82) is 0 Å². The minimum absolute atomic E-state index is 0.736.